The molecule has 0 unspecified atom stereocenters. The lowest BCUT2D eigenvalue weighted by Gasteiger charge is -2.64. The number of hydrogen-bond acceptors (Lipinski definition) is 2. The van der Waals surface area contributed by atoms with Crippen molar-refractivity contribution in [3.8, 4) is 0 Å². The molecule has 1 saturated heterocycles. The fraction of sp³-hybridized carbons (Fsp3) is 1.00. The minimum absolute atomic E-state index is 0.0228. The van der Waals surface area contributed by atoms with Gasteiger partial charge in [0.1, 0.15) is 5.72 Å². The van der Waals surface area contributed by atoms with Crippen LogP contribution in [0.4, 0.5) is 0 Å². The van der Waals surface area contributed by atoms with Crippen molar-refractivity contribution in [3.05, 3.63) is 0 Å². The van der Waals surface area contributed by atoms with Crippen molar-refractivity contribution in [1.82, 2.24) is 5.32 Å². The molecule has 1 saturated carbocycles. The monoisotopic (exact) mass is 239 g/mol. The quantitative estimate of drug-likeness (QED) is 0.793. The van der Waals surface area contributed by atoms with Gasteiger partial charge in [-0.1, -0.05) is 41.5 Å². The highest BCUT2D eigenvalue weighted by atomic mass is 16.5. The Morgan fingerprint density at radius 2 is 1.53 bits per heavy atom. The van der Waals surface area contributed by atoms with Gasteiger partial charge in [-0.15, -0.1) is 0 Å². The molecule has 1 spiro atoms. The summed E-state index contributed by atoms with van der Waals surface area (Å²) in [5.74, 6) is 0. The molecule has 2 rings (SSSR count). The summed E-state index contributed by atoms with van der Waals surface area (Å²) in [5.41, 5.74) is 0.697. The normalized spacial score (nSPS) is 32.1. The standard InChI is InChI=1S/C15H29NO/c1-7-14(8-2)13(5,6)11-16-15(17-14)9-12(3,4)10-15/h16H,7-11H2,1-6H3. The molecule has 0 radical (unpaired) electrons. The molecule has 1 heterocycles. The zero-order valence-electron chi connectivity index (χ0n) is 12.4. The molecule has 2 nitrogen and oxygen atoms in total. The molecule has 1 aliphatic carbocycles. The van der Waals surface area contributed by atoms with Crippen molar-refractivity contribution in [2.45, 2.75) is 78.6 Å². The van der Waals surface area contributed by atoms with E-state index in [1.54, 1.807) is 0 Å². The average molecular weight is 239 g/mol. The number of nitrogens with one attached hydrogen (secondary N) is 1. The Labute approximate surface area is 107 Å². The summed E-state index contributed by atoms with van der Waals surface area (Å²) in [6, 6.07) is 0. The van der Waals surface area contributed by atoms with E-state index in [0.717, 1.165) is 32.2 Å². The van der Waals surface area contributed by atoms with Crippen LogP contribution in [0.3, 0.4) is 0 Å². The van der Waals surface area contributed by atoms with Crippen LogP contribution in [-0.2, 0) is 4.74 Å². The topological polar surface area (TPSA) is 21.3 Å². The minimum atomic E-state index is -0.0228. The van der Waals surface area contributed by atoms with E-state index in [1.165, 1.54) is 0 Å². The van der Waals surface area contributed by atoms with Crippen molar-refractivity contribution in [2.24, 2.45) is 10.8 Å². The third kappa shape index (κ3) is 1.94. The lowest BCUT2D eigenvalue weighted by Crippen LogP contribution is -2.72. The Morgan fingerprint density at radius 1 is 1.00 bits per heavy atom. The van der Waals surface area contributed by atoms with Crippen molar-refractivity contribution < 1.29 is 4.74 Å². The molecule has 0 bridgehead atoms. The SMILES string of the molecule is CCC1(CC)OC2(CC(C)(C)C2)NCC1(C)C. The summed E-state index contributed by atoms with van der Waals surface area (Å²) >= 11 is 0. The van der Waals surface area contributed by atoms with Gasteiger partial charge in [-0.2, -0.15) is 0 Å². The summed E-state index contributed by atoms with van der Waals surface area (Å²) < 4.78 is 6.64. The molecule has 0 aromatic carbocycles. The molecular formula is C15H29NO. The van der Waals surface area contributed by atoms with Crippen LogP contribution < -0.4 is 5.32 Å². The Morgan fingerprint density at radius 3 is 1.94 bits per heavy atom. The van der Waals surface area contributed by atoms with E-state index in [9.17, 15) is 0 Å². The number of ether oxygens (including phenoxy) is 1. The molecule has 0 aromatic rings. The van der Waals surface area contributed by atoms with Crippen LogP contribution in [-0.4, -0.2) is 17.9 Å². The summed E-state index contributed by atoms with van der Waals surface area (Å²) in [5, 5.41) is 3.68. The molecule has 100 valence electrons. The van der Waals surface area contributed by atoms with Gasteiger partial charge in [0.2, 0.25) is 0 Å². The number of hydrogen-bond donors (Lipinski definition) is 1. The van der Waals surface area contributed by atoms with Gasteiger partial charge in [-0.05, 0) is 31.1 Å². The molecule has 0 aromatic heterocycles. The van der Waals surface area contributed by atoms with Crippen LogP contribution in [0.15, 0.2) is 0 Å². The van der Waals surface area contributed by atoms with Gasteiger partial charge in [0.05, 0.1) is 5.60 Å². The Balaban J connectivity index is 2.20. The van der Waals surface area contributed by atoms with Crippen LogP contribution in [0.2, 0.25) is 0 Å². The van der Waals surface area contributed by atoms with Crippen LogP contribution in [0.5, 0.6) is 0 Å². The van der Waals surface area contributed by atoms with Crippen LogP contribution in [0.1, 0.15) is 67.2 Å². The Hall–Kier alpha value is -0.0800. The first-order valence-electron chi connectivity index (χ1n) is 7.15. The van der Waals surface area contributed by atoms with Crippen molar-refractivity contribution in [3.63, 3.8) is 0 Å². The fourth-order valence-corrected chi connectivity index (χ4v) is 4.13. The third-order valence-electron chi connectivity index (χ3n) is 5.15. The first kappa shape index (κ1) is 13.4. The lowest BCUT2D eigenvalue weighted by atomic mass is 9.61. The smallest absolute Gasteiger partial charge is 0.121 e. The molecule has 0 amide bonds. The average Bonchev–Trinajstić information content (AvgIpc) is 2.19. The second-order valence-corrected chi connectivity index (χ2v) is 7.55. The molecule has 2 heteroatoms. The molecule has 1 N–H and O–H groups in total. The van der Waals surface area contributed by atoms with Gasteiger partial charge >= 0.3 is 0 Å². The molecule has 0 atom stereocenters. The summed E-state index contributed by atoms with van der Waals surface area (Å²) in [6.45, 7) is 15.0. The van der Waals surface area contributed by atoms with Crippen LogP contribution in [0, 0.1) is 10.8 Å². The second-order valence-electron chi connectivity index (χ2n) is 7.55. The van der Waals surface area contributed by atoms with Gasteiger partial charge in [0, 0.05) is 12.0 Å². The van der Waals surface area contributed by atoms with Crippen LogP contribution in [0.25, 0.3) is 0 Å². The minimum Gasteiger partial charge on any atom is -0.354 e. The van der Waals surface area contributed by atoms with Crippen molar-refractivity contribution in [2.75, 3.05) is 6.54 Å². The molecule has 2 fully saturated rings. The van der Waals surface area contributed by atoms with E-state index in [0.29, 0.717) is 5.41 Å². The van der Waals surface area contributed by atoms with E-state index in [-0.39, 0.29) is 16.7 Å². The summed E-state index contributed by atoms with van der Waals surface area (Å²) in [7, 11) is 0. The van der Waals surface area contributed by atoms with Gasteiger partial charge in [-0.25, -0.2) is 0 Å². The van der Waals surface area contributed by atoms with Gasteiger partial charge in [-0.3, -0.25) is 5.32 Å². The maximum atomic E-state index is 6.64. The highest BCUT2D eigenvalue weighted by molar-refractivity contribution is 5.08. The van der Waals surface area contributed by atoms with Crippen LogP contribution >= 0.6 is 0 Å². The van der Waals surface area contributed by atoms with E-state index < -0.39 is 0 Å². The van der Waals surface area contributed by atoms with Crippen molar-refractivity contribution >= 4 is 0 Å². The first-order chi connectivity index (χ1) is 7.70. The van der Waals surface area contributed by atoms with Gasteiger partial charge < -0.3 is 4.74 Å². The maximum Gasteiger partial charge on any atom is 0.121 e. The van der Waals surface area contributed by atoms with E-state index in [1.807, 2.05) is 0 Å². The zero-order chi connectivity index (χ0) is 12.9. The van der Waals surface area contributed by atoms with E-state index >= 15 is 0 Å². The predicted octanol–water partition coefficient (Wildman–Crippen LogP) is 3.71. The predicted molar refractivity (Wildman–Crippen MR) is 71.9 cm³/mol. The van der Waals surface area contributed by atoms with E-state index in [4.69, 9.17) is 4.74 Å². The van der Waals surface area contributed by atoms with Crippen molar-refractivity contribution in [1.29, 1.82) is 0 Å². The van der Waals surface area contributed by atoms with Gasteiger partial charge in [0.15, 0.2) is 0 Å². The highest BCUT2D eigenvalue weighted by Crippen LogP contribution is 2.56. The molecule has 2 aliphatic rings. The second kappa shape index (κ2) is 3.71. The third-order valence-corrected chi connectivity index (χ3v) is 5.15. The molecular weight excluding hydrogens is 210 g/mol. The Bertz CT molecular complexity index is 294. The fourth-order valence-electron chi connectivity index (χ4n) is 4.13. The highest BCUT2D eigenvalue weighted by Gasteiger charge is 2.59. The Kier molecular flexibility index (Phi) is 2.91. The summed E-state index contributed by atoms with van der Waals surface area (Å²) in [4.78, 5) is 0. The maximum absolute atomic E-state index is 6.64. The number of rotatable bonds is 2. The molecule has 17 heavy (non-hydrogen) atoms. The zero-order valence-corrected chi connectivity index (χ0v) is 12.4. The summed E-state index contributed by atoms with van der Waals surface area (Å²) in [6.07, 6.45) is 4.52. The largest absolute Gasteiger partial charge is 0.354 e. The van der Waals surface area contributed by atoms with E-state index in [2.05, 4.69) is 46.9 Å². The molecule has 1 aliphatic heterocycles. The lowest BCUT2D eigenvalue weighted by molar-refractivity contribution is -0.303. The van der Waals surface area contributed by atoms with Gasteiger partial charge in [0.25, 0.3) is 0 Å². The first-order valence-corrected chi connectivity index (χ1v) is 7.15.